The summed E-state index contributed by atoms with van der Waals surface area (Å²) in [7, 11) is 9.25. The molecule has 0 aromatic rings. The summed E-state index contributed by atoms with van der Waals surface area (Å²) in [6.45, 7) is 12.0. The number of nitrogens with zero attached hydrogens (tertiary/aromatic N) is 4. The van der Waals surface area contributed by atoms with Crippen molar-refractivity contribution in [1.82, 2.24) is 19.6 Å². The SMILES string of the molecule is CO[C@]1(C)C[C@@H](C)CN(C)[C@H](C2CN(C(=O)CCCN(C)CC3CCC3)C2)COC(=O)C(C)(C)C(=O)[C@H](F)[C@H]1O[C@@H]1O[C@H](C)C[C@H](N(C)C)[C@H]1O. The second-order valence-corrected chi connectivity index (χ2v) is 17.2. The molecule has 4 fully saturated rings. The average molecular weight is 727 g/mol. The largest absolute Gasteiger partial charge is 0.463 e. The third-order valence-corrected chi connectivity index (χ3v) is 12.1. The number of rotatable bonds is 11. The van der Waals surface area contributed by atoms with Gasteiger partial charge in [-0.1, -0.05) is 13.3 Å². The number of methoxy groups -OCH3 is 1. The number of carbonyl (C=O) groups excluding carboxylic acids is 3. The summed E-state index contributed by atoms with van der Waals surface area (Å²) in [4.78, 5) is 48.8. The number of ether oxygens (including phenoxy) is 4. The van der Waals surface area contributed by atoms with Crippen LogP contribution in [0.15, 0.2) is 0 Å². The number of amides is 1. The van der Waals surface area contributed by atoms with Crippen molar-refractivity contribution in [3.05, 3.63) is 0 Å². The Morgan fingerprint density at radius 3 is 2.35 bits per heavy atom. The van der Waals surface area contributed by atoms with Crippen LogP contribution in [-0.4, -0.2) is 165 Å². The summed E-state index contributed by atoms with van der Waals surface area (Å²) in [5.41, 5.74) is -3.17. The lowest BCUT2D eigenvalue weighted by Gasteiger charge is -2.47. The van der Waals surface area contributed by atoms with Crippen LogP contribution < -0.4 is 0 Å². The van der Waals surface area contributed by atoms with Crippen molar-refractivity contribution in [1.29, 1.82) is 0 Å². The van der Waals surface area contributed by atoms with Crippen LogP contribution in [0.25, 0.3) is 0 Å². The molecule has 4 aliphatic rings. The molecule has 0 aromatic carbocycles. The minimum absolute atomic E-state index is 0.0156. The van der Waals surface area contributed by atoms with Crippen LogP contribution in [0, 0.1) is 23.2 Å². The zero-order valence-corrected chi connectivity index (χ0v) is 32.9. The Morgan fingerprint density at radius 2 is 1.76 bits per heavy atom. The number of likely N-dealkylation sites (N-methyl/N-ethyl adjacent to an activating group) is 2. The second kappa shape index (κ2) is 17.6. The molecule has 0 bridgehead atoms. The van der Waals surface area contributed by atoms with Crippen molar-refractivity contribution in [3.63, 3.8) is 0 Å². The van der Waals surface area contributed by atoms with Gasteiger partial charge >= 0.3 is 5.97 Å². The van der Waals surface area contributed by atoms with Gasteiger partial charge in [0.15, 0.2) is 18.2 Å². The lowest BCUT2D eigenvalue weighted by molar-refractivity contribution is -0.296. The van der Waals surface area contributed by atoms with E-state index in [9.17, 15) is 19.5 Å². The van der Waals surface area contributed by atoms with Crippen molar-refractivity contribution in [2.45, 2.75) is 128 Å². The molecule has 0 aromatic heterocycles. The molecule has 13 heteroatoms. The van der Waals surface area contributed by atoms with Gasteiger partial charge in [0, 0.05) is 57.7 Å². The van der Waals surface area contributed by atoms with Crippen molar-refractivity contribution in [2.75, 3.05) is 74.6 Å². The molecule has 3 saturated heterocycles. The summed E-state index contributed by atoms with van der Waals surface area (Å²) < 4.78 is 40.8. The maximum absolute atomic E-state index is 16.8. The van der Waals surface area contributed by atoms with Crippen molar-refractivity contribution in [2.24, 2.45) is 23.2 Å². The smallest absolute Gasteiger partial charge is 0.319 e. The van der Waals surface area contributed by atoms with Crippen LogP contribution >= 0.6 is 0 Å². The molecule has 1 saturated carbocycles. The maximum Gasteiger partial charge on any atom is 0.319 e. The van der Waals surface area contributed by atoms with Gasteiger partial charge in [-0.05, 0) is 106 Å². The topological polar surface area (TPSA) is 121 Å². The fourth-order valence-electron chi connectivity index (χ4n) is 8.39. The van der Waals surface area contributed by atoms with Crippen molar-refractivity contribution in [3.8, 4) is 0 Å². The number of cyclic esters (lactones) is 1. The Kier molecular flexibility index (Phi) is 14.5. The highest BCUT2D eigenvalue weighted by Gasteiger charge is 2.54. The molecule has 1 N–H and O–H groups in total. The van der Waals surface area contributed by atoms with Gasteiger partial charge in [-0.2, -0.15) is 0 Å². The van der Waals surface area contributed by atoms with E-state index in [1.54, 1.807) is 6.92 Å². The number of alkyl halides is 1. The molecule has 0 unspecified atom stereocenters. The van der Waals surface area contributed by atoms with Gasteiger partial charge in [0.2, 0.25) is 5.91 Å². The summed E-state index contributed by atoms with van der Waals surface area (Å²) in [6.07, 6.45) is -0.267. The Hall–Kier alpha value is -1.74. The third kappa shape index (κ3) is 10.1. The summed E-state index contributed by atoms with van der Waals surface area (Å²) in [6, 6.07) is -0.522. The number of ketones is 1. The Morgan fingerprint density at radius 1 is 1.10 bits per heavy atom. The summed E-state index contributed by atoms with van der Waals surface area (Å²) >= 11 is 0. The molecule has 1 aliphatic carbocycles. The van der Waals surface area contributed by atoms with Gasteiger partial charge < -0.3 is 38.8 Å². The fraction of sp³-hybridized carbons (Fsp3) is 0.921. The molecule has 51 heavy (non-hydrogen) atoms. The first-order valence-corrected chi connectivity index (χ1v) is 19.1. The zero-order valence-electron chi connectivity index (χ0n) is 32.9. The minimum atomic E-state index is -2.28. The Balaban J connectivity index is 1.47. The van der Waals surface area contributed by atoms with Gasteiger partial charge in [0.05, 0.1) is 11.7 Å². The zero-order chi connectivity index (χ0) is 37.8. The van der Waals surface area contributed by atoms with Crippen LogP contribution in [0.1, 0.15) is 79.6 Å². The quantitative estimate of drug-likeness (QED) is 0.250. The predicted octanol–water partition coefficient (Wildman–Crippen LogP) is 2.99. The van der Waals surface area contributed by atoms with E-state index in [1.807, 2.05) is 44.8 Å². The van der Waals surface area contributed by atoms with Gasteiger partial charge in [0.25, 0.3) is 0 Å². The first-order valence-electron chi connectivity index (χ1n) is 19.1. The second-order valence-electron chi connectivity index (χ2n) is 17.2. The summed E-state index contributed by atoms with van der Waals surface area (Å²) in [5, 5.41) is 11.2. The molecule has 9 atom stereocenters. The molecule has 4 rings (SSSR count). The van der Waals surface area contributed by atoms with E-state index in [0.717, 1.165) is 25.4 Å². The number of aliphatic hydroxyl groups excluding tert-OH is 1. The lowest BCUT2D eigenvalue weighted by atomic mass is 9.78. The van der Waals surface area contributed by atoms with Crippen molar-refractivity contribution < 1.29 is 42.8 Å². The van der Waals surface area contributed by atoms with Gasteiger partial charge in [-0.25, -0.2) is 4.39 Å². The minimum Gasteiger partial charge on any atom is -0.463 e. The number of halogens is 1. The first kappa shape index (κ1) is 42.0. The summed E-state index contributed by atoms with van der Waals surface area (Å²) in [5.74, 6) is -0.871. The van der Waals surface area contributed by atoms with Gasteiger partial charge in [-0.15, -0.1) is 0 Å². The standard InChI is InChI=1S/C38H67FN4O8/c1-24-18-38(5,48-10)34(51-35-32(45)28(40(6)7)17-25(2)50-35)31(39)33(46)37(3,4)36(47)49-23-29(42(9)19-24)27-21-43(22-27)30(44)15-12-16-41(8)20-26-13-11-14-26/h24-29,31-32,34-35,45H,11-23H2,1-10H3/t24-,25-,28+,29+,31+,32-,34-,35+,38-/m1/s1. The Bertz CT molecular complexity index is 1180. The van der Waals surface area contributed by atoms with Crippen LogP contribution in [0.3, 0.4) is 0 Å². The highest BCUT2D eigenvalue weighted by molar-refractivity contribution is 6.05. The highest BCUT2D eigenvalue weighted by atomic mass is 19.1. The predicted molar refractivity (Wildman–Crippen MR) is 192 cm³/mol. The molecule has 1 amide bonds. The number of carbonyl (C=O) groups is 3. The Labute approximate surface area is 305 Å². The molecular formula is C38H67FN4O8. The van der Waals surface area contributed by atoms with Crippen molar-refractivity contribution >= 4 is 17.7 Å². The molecule has 0 radical (unpaired) electrons. The van der Waals surface area contributed by atoms with E-state index >= 15 is 4.39 Å². The normalized spacial score (nSPS) is 36.5. The number of esters is 1. The molecule has 294 valence electrons. The van der Waals surface area contributed by atoms with E-state index in [4.69, 9.17) is 18.9 Å². The van der Waals surface area contributed by atoms with Crippen LogP contribution in [0.4, 0.5) is 4.39 Å². The van der Waals surface area contributed by atoms with Crippen LogP contribution in [0.5, 0.6) is 0 Å². The molecule has 12 nitrogen and oxygen atoms in total. The van der Waals surface area contributed by atoms with E-state index in [2.05, 4.69) is 16.8 Å². The maximum atomic E-state index is 16.8. The monoisotopic (exact) mass is 726 g/mol. The lowest BCUT2D eigenvalue weighted by Crippen LogP contribution is -2.60. The number of aliphatic hydroxyl groups is 1. The number of hydrogen-bond acceptors (Lipinski definition) is 11. The van der Waals surface area contributed by atoms with Crippen LogP contribution in [-0.2, 0) is 33.3 Å². The fourth-order valence-corrected chi connectivity index (χ4v) is 8.39. The van der Waals surface area contributed by atoms with Crippen LogP contribution in [0.2, 0.25) is 0 Å². The van der Waals surface area contributed by atoms with E-state index < -0.39 is 47.4 Å². The molecule has 0 spiro atoms. The average Bonchev–Trinajstić information content (AvgIpc) is 3.02. The number of Topliss-reactive ketones (excluding diaryl/α,β-unsaturated/α-hetero) is 1. The first-order chi connectivity index (χ1) is 23.9. The molecule has 3 aliphatic heterocycles. The highest BCUT2D eigenvalue weighted by Crippen LogP contribution is 2.37. The van der Waals surface area contributed by atoms with E-state index in [0.29, 0.717) is 38.9 Å². The number of likely N-dealkylation sites (tertiary alicyclic amines) is 1. The molecule has 3 heterocycles. The van der Waals surface area contributed by atoms with Gasteiger partial charge in [-0.3, -0.25) is 19.3 Å². The van der Waals surface area contributed by atoms with Gasteiger partial charge in [0.1, 0.15) is 24.2 Å². The van der Waals surface area contributed by atoms with E-state index in [-0.39, 0.29) is 42.5 Å². The molecular weight excluding hydrogens is 659 g/mol. The van der Waals surface area contributed by atoms with E-state index in [1.165, 1.54) is 40.2 Å². The third-order valence-electron chi connectivity index (χ3n) is 12.1. The number of hydrogen-bond donors (Lipinski definition) is 1.